The second-order valence-corrected chi connectivity index (χ2v) is 8.80. The molecule has 1 N–H and O–H groups in total. The number of hydrogen-bond acceptors (Lipinski definition) is 3. The van der Waals surface area contributed by atoms with Crippen LogP contribution in [-0.4, -0.2) is 35.4 Å². The maximum absolute atomic E-state index is 13.3. The first-order chi connectivity index (χ1) is 15.3. The smallest absolute Gasteiger partial charge is 0.261 e. The Labute approximate surface area is 190 Å². The van der Waals surface area contributed by atoms with Crippen LogP contribution >= 0.6 is 0 Å². The van der Waals surface area contributed by atoms with Gasteiger partial charge in [0.2, 0.25) is 5.91 Å². The summed E-state index contributed by atoms with van der Waals surface area (Å²) >= 11 is 0. The Bertz CT molecular complexity index is 908. The fraction of sp³-hybridized carbons (Fsp3) is 0.462. The van der Waals surface area contributed by atoms with Crippen molar-refractivity contribution < 1.29 is 18.7 Å². The van der Waals surface area contributed by atoms with Gasteiger partial charge in [-0.15, -0.1) is 0 Å². The van der Waals surface area contributed by atoms with Crippen molar-refractivity contribution in [3.05, 3.63) is 65.5 Å². The number of halogens is 1. The third kappa shape index (κ3) is 6.31. The Kier molecular flexibility index (Phi) is 8.26. The van der Waals surface area contributed by atoms with Crippen LogP contribution in [0.1, 0.15) is 63.5 Å². The zero-order chi connectivity index (χ0) is 23.1. The molecule has 0 spiro atoms. The summed E-state index contributed by atoms with van der Waals surface area (Å²) in [5.41, 5.74) is 1.78. The molecule has 1 fully saturated rings. The number of nitrogens with zero attached hydrogens (tertiary/aromatic N) is 1. The van der Waals surface area contributed by atoms with E-state index in [9.17, 15) is 14.0 Å². The van der Waals surface area contributed by atoms with E-state index in [0.29, 0.717) is 5.75 Å². The zero-order valence-electron chi connectivity index (χ0n) is 19.1. The van der Waals surface area contributed by atoms with Gasteiger partial charge < -0.3 is 15.0 Å². The summed E-state index contributed by atoms with van der Waals surface area (Å²) in [5, 5.41) is 3.07. The largest absolute Gasteiger partial charge is 0.483 e. The summed E-state index contributed by atoms with van der Waals surface area (Å²) in [6.07, 6.45) is 4.17. The molecule has 6 heteroatoms. The SMILES string of the molecule is CC(C)c1ccccc1OCC(=O)N(Cc1ccc(F)cc1)C(C)C(=O)NC1CCCC1. The Morgan fingerprint density at radius 1 is 1.06 bits per heavy atom. The van der Waals surface area contributed by atoms with Crippen LogP contribution in [0.4, 0.5) is 4.39 Å². The van der Waals surface area contributed by atoms with Gasteiger partial charge in [-0.2, -0.15) is 0 Å². The van der Waals surface area contributed by atoms with Crippen LogP contribution in [0.2, 0.25) is 0 Å². The molecule has 1 unspecified atom stereocenters. The molecule has 0 saturated heterocycles. The van der Waals surface area contributed by atoms with Crippen LogP contribution in [0.5, 0.6) is 5.75 Å². The van der Waals surface area contributed by atoms with E-state index in [2.05, 4.69) is 19.2 Å². The van der Waals surface area contributed by atoms with Crippen molar-refractivity contribution in [1.82, 2.24) is 10.2 Å². The van der Waals surface area contributed by atoms with E-state index in [1.165, 1.54) is 17.0 Å². The number of para-hydroxylation sites is 1. The van der Waals surface area contributed by atoms with Gasteiger partial charge in [-0.1, -0.05) is 57.0 Å². The van der Waals surface area contributed by atoms with E-state index < -0.39 is 6.04 Å². The molecule has 1 saturated carbocycles. The second-order valence-electron chi connectivity index (χ2n) is 8.80. The van der Waals surface area contributed by atoms with E-state index in [4.69, 9.17) is 4.74 Å². The molecule has 2 aromatic rings. The molecule has 3 rings (SSSR count). The first-order valence-corrected chi connectivity index (χ1v) is 11.4. The molecule has 0 aromatic heterocycles. The van der Waals surface area contributed by atoms with Crippen molar-refractivity contribution in [3.8, 4) is 5.75 Å². The van der Waals surface area contributed by atoms with E-state index in [-0.39, 0.29) is 42.7 Å². The predicted octanol–water partition coefficient (Wildman–Crippen LogP) is 4.80. The van der Waals surface area contributed by atoms with Crippen LogP contribution in [0.25, 0.3) is 0 Å². The molecule has 1 aliphatic carbocycles. The molecular weight excluding hydrogens is 407 g/mol. The molecule has 5 nitrogen and oxygen atoms in total. The minimum absolute atomic E-state index is 0.168. The molecule has 172 valence electrons. The van der Waals surface area contributed by atoms with Gasteiger partial charge in [0, 0.05) is 12.6 Å². The number of hydrogen-bond donors (Lipinski definition) is 1. The van der Waals surface area contributed by atoms with Gasteiger partial charge in [0.25, 0.3) is 5.91 Å². The van der Waals surface area contributed by atoms with E-state index in [0.717, 1.165) is 36.8 Å². The number of carbonyl (C=O) groups excluding carboxylic acids is 2. The summed E-state index contributed by atoms with van der Waals surface area (Å²) in [4.78, 5) is 27.6. The van der Waals surface area contributed by atoms with Gasteiger partial charge in [-0.3, -0.25) is 9.59 Å². The number of rotatable bonds is 9. The van der Waals surface area contributed by atoms with Crippen molar-refractivity contribution in [2.24, 2.45) is 0 Å². The fourth-order valence-corrected chi connectivity index (χ4v) is 4.07. The number of carbonyl (C=O) groups is 2. The Hall–Kier alpha value is -2.89. The van der Waals surface area contributed by atoms with Crippen molar-refractivity contribution >= 4 is 11.8 Å². The number of nitrogens with one attached hydrogen (secondary N) is 1. The normalized spacial score (nSPS) is 14.9. The lowest BCUT2D eigenvalue weighted by Gasteiger charge is -2.30. The topological polar surface area (TPSA) is 58.6 Å². The van der Waals surface area contributed by atoms with Crippen LogP contribution < -0.4 is 10.1 Å². The molecule has 2 amide bonds. The quantitative estimate of drug-likeness (QED) is 0.609. The summed E-state index contributed by atoms with van der Waals surface area (Å²) < 4.78 is 19.2. The van der Waals surface area contributed by atoms with Crippen LogP contribution in [0.15, 0.2) is 48.5 Å². The monoisotopic (exact) mass is 440 g/mol. The maximum atomic E-state index is 13.3. The minimum atomic E-state index is -0.669. The molecule has 32 heavy (non-hydrogen) atoms. The Morgan fingerprint density at radius 2 is 1.72 bits per heavy atom. The average molecular weight is 441 g/mol. The Balaban J connectivity index is 1.73. The lowest BCUT2D eigenvalue weighted by molar-refractivity contribution is -0.142. The average Bonchev–Trinajstić information content (AvgIpc) is 3.29. The molecule has 2 aromatic carbocycles. The fourth-order valence-electron chi connectivity index (χ4n) is 4.07. The van der Waals surface area contributed by atoms with Crippen LogP contribution in [0.3, 0.4) is 0 Å². The summed E-state index contributed by atoms with van der Waals surface area (Å²) in [7, 11) is 0. The third-order valence-electron chi connectivity index (χ3n) is 6.03. The Morgan fingerprint density at radius 3 is 2.38 bits per heavy atom. The number of ether oxygens (including phenoxy) is 1. The number of benzene rings is 2. The predicted molar refractivity (Wildman–Crippen MR) is 123 cm³/mol. The van der Waals surface area contributed by atoms with Gasteiger partial charge >= 0.3 is 0 Å². The standard InChI is InChI=1S/C26H33FN2O3/c1-18(2)23-10-6-7-11-24(23)32-17-25(30)29(16-20-12-14-21(27)15-13-20)19(3)26(31)28-22-8-4-5-9-22/h6-7,10-15,18-19,22H,4-5,8-9,16-17H2,1-3H3,(H,28,31). The lowest BCUT2D eigenvalue weighted by Crippen LogP contribution is -2.50. The van der Waals surface area contributed by atoms with Gasteiger partial charge in [-0.25, -0.2) is 4.39 Å². The summed E-state index contributed by atoms with van der Waals surface area (Å²) in [6.45, 7) is 5.90. The molecule has 0 bridgehead atoms. The van der Waals surface area contributed by atoms with E-state index in [1.54, 1.807) is 19.1 Å². The van der Waals surface area contributed by atoms with Crippen molar-refractivity contribution in [3.63, 3.8) is 0 Å². The van der Waals surface area contributed by atoms with Gasteiger partial charge in [-0.05, 0) is 55.0 Å². The van der Waals surface area contributed by atoms with Crippen molar-refractivity contribution in [2.75, 3.05) is 6.61 Å². The van der Waals surface area contributed by atoms with Gasteiger partial charge in [0.05, 0.1) is 0 Å². The second kappa shape index (κ2) is 11.1. The molecule has 0 radical (unpaired) electrons. The molecular formula is C26H33FN2O3. The number of amides is 2. The summed E-state index contributed by atoms with van der Waals surface area (Å²) in [5.74, 6) is 0.123. The van der Waals surface area contributed by atoms with Crippen LogP contribution in [-0.2, 0) is 16.1 Å². The minimum Gasteiger partial charge on any atom is -0.483 e. The van der Waals surface area contributed by atoms with Gasteiger partial charge in [0.1, 0.15) is 17.6 Å². The van der Waals surface area contributed by atoms with E-state index >= 15 is 0 Å². The van der Waals surface area contributed by atoms with Crippen molar-refractivity contribution in [2.45, 2.75) is 71.0 Å². The maximum Gasteiger partial charge on any atom is 0.261 e. The zero-order valence-corrected chi connectivity index (χ0v) is 19.1. The first-order valence-electron chi connectivity index (χ1n) is 11.4. The highest BCUT2D eigenvalue weighted by Crippen LogP contribution is 2.26. The molecule has 0 heterocycles. The van der Waals surface area contributed by atoms with Gasteiger partial charge in [0.15, 0.2) is 6.61 Å². The molecule has 1 aliphatic rings. The van der Waals surface area contributed by atoms with E-state index in [1.807, 2.05) is 24.3 Å². The molecule has 0 aliphatic heterocycles. The first kappa shape index (κ1) is 23.8. The lowest BCUT2D eigenvalue weighted by atomic mass is 10.0. The highest BCUT2D eigenvalue weighted by Gasteiger charge is 2.29. The van der Waals surface area contributed by atoms with Crippen LogP contribution in [0, 0.1) is 5.82 Å². The van der Waals surface area contributed by atoms with Crippen molar-refractivity contribution in [1.29, 1.82) is 0 Å². The molecule has 1 atom stereocenters. The third-order valence-corrected chi connectivity index (χ3v) is 6.03. The summed E-state index contributed by atoms with van der Waals surface area (Å²) in [6, 6.07) is 13.1. The highest BCUT2D eigenvalue weighted by molar-refractivity contribution is 5.88. The highest BCUT2D eigenvalue weighted by atomic mass is 19.1.